The number of thiocarbonyl (C=S) groups is 1. The largest absolute Gasteiger partial charge is 0.481 e. The molecule has 12 heteroatoms. The normalized spacial score (nSPS) is 18.9. The van der Waals surface area contributed by atoms with Crippen LogP contribution in [-0.4, -0.2) is 54.4 Å². The summed E-state index contributed by atoms with van der Waals surface area (Å²) in [4.78, 5) is 54.7. The number of hydrogen-bond donors (Lipinski definition) is 2. The van der Waals surface area contributed by atoms with E-state index in [0.29, 0.717) is 40.2 Å². The number of aromatic nitrogens is 1. The summed E-state index contributed by atoms with van der Waals surface area (Å²) < 4.78 is 2.09. The van der Waals surface area contributed by atoms with Crippen LogP contribution in [0.1, 0.15) is 79.2 Å². The number of fused-ring (bicyclic) bond motifs is 3. The number of amides is 1. The second-order valence-corrected chi connectivity index (χ2v) is 18.0. The predicted molar refractivity (Wildman–Crippen MR) is 240 cm³/mol. The second kappa shape index (κ2) is 17.3. The molecule has 1 aromatic heterocycles. The lowest BCUT2D eigenvalue weighted by Crippen LogP contribution is -2.36. The van der Waals surface area contributed by atoms with Gasteiger partial charge in [0.2, 0.25) is 0 Å². The summed E-state index contributed by atoms with van der Waals surface area (Å²) in [5.41, 5.74) is 8.47. The molecule has 8 rings (SSSR count). The van der Waals surface area contributed by atoms with Gasteiger partial charge in [0, 0.05) is 36.3 Å². The smallest absolute Gasteiger partial charge is 0.323 e. The molecule has 4 aromatic carbocycles. The molecule has 0 bridgehead atoms. The first-order valence-corrected chi connectivity index (χ1v) is 21.9. The van der Waals surface area contributed by atoms with Gasteiger partial charge in [-0.25, -0.2) is 0 Å². The Morgan fingerprint density at radius 2 is 1.56 bits per heavy atom. The summed E-state index contributed by atoms with van der Waals surface area (Å²) >= 11 is 7.71. The maximum atomic E-state index is 13.8. The third-order valence-electron chi connectivity index (χ3n) is 11.3. The average molecular weight is 842 g/mol. The molecule has 0 spiro atoms. The third kappa shape index (κ3) is 8.48. The van der Waals surface area contributed by atoms with E-state index in [1.54, 1.807) is 6.08 Å². The predicted octanol–water partition coefficient (Wildman–Crippen LogP) is 8.06. The molecule has 300 valence electrons. The van der Waals surface area contributed by atoms with Crippen LogP contribution >= 0.6 is 35.3 Å². The van der Waals surface area contributed by atoms with Crippen LogP contribution in [0.4, 0.5) is 11.4 Å². The number of benzene rings is 4. The Bertz CT molecular complexity index is 2610. The Morgan fingerprint density at radius 1 is 0.881 bits per heavy atom. The van der Waals surface area contributed by atoms with E-state index in [0.717, 1.165) is 86.1 Å². The molecule has 3 unspecified atom stereocenters. The summed E-state index contributed by atoms with van der Waals surface area (Å²) in [5.74, 6) is -2.15. The summed E-state index contributed by atoms with van der Waals surface area (Å²) in [5, 5.41) is 18.9. The quantitative estimate of drug-likeness (QED) is 0.0897. The molecule has 1 amide bonds. The van der Waals surface area contributed by atoms with E-state index in [-0.39, 0.29) is 27.8 Å². The molecule has 9 nitrogen and oxygen atoms in total. The highest BCUT2D eigenvalue weighted by Gasteiger charge is 2.42. The van der Waals surface area contributed by atoms with Gasteiger partial charge in [-0.2, -0.15) is 0 Å². The second-order valence-electron chi connectivity index (χ2n) is 15.4. The molecule has 2 N–H and O–H groups in total. The Hall–Kier alpha value is -5.56. The summed E-state index contributed by atoms with van der Waals surface area (Å²) in [6, 6.07) is 36.2. The molecule has 0 radical (unpaired) electrons. The topological polar surface area (TPSA) is 120 Å². The fraction of sp³-hybridized carbons (Fsp3) is 0.255. The Kier molecular flexibility index (Phi) is 11.8. The van der Waals surface area contributed by atoms with Gasteiger partial charge in [0.1, 0.15) is 20.4 Å². The van der Waals surface area contributed by atoms with Gasteiger partial charge in [-0.15, -0.1) is 11.3 Å². The van der Waals surface area contributed by atoms with Crippen molar-refractivity contribution in [2.45, 2.75) is 64.0 Å². The highest BCUT2D eigenvalue weighted by atomic mass is 32.2. The highest BCUT2D eigenvalue weighted by molar-refractivity contribution is 8.30. The van der Waals surface area contributed by atoms with Gasteiger partial charge in [-0.05, 0) is 101 Å². The number of anilines is 2. The number of thioether (sulfide) groups is 1. The standard InChI is InChI=1S/C47H43N3O6S3/c1-29(24-41(51)52)10-9-23-48-45(56)43(59-47(48)57)46-49(28-42(53)54)44(55)40(58-46)27-31-19-22-39-37(26-31)35-15-8-16-38(35)50(39)34-20-17-30(18-21-34)25-36(32-11-4-2-5-12-32)33-13-6-3-7-14-33/h2-7,11-14,17-22,25-27,29,35,38H,8-10,15-16,23-24,28H2,1H3,(H,51,52)(H,53,54). The molecule has 1 aliphatic carbocycles. The summed E-state index contributed by atoms with van der Waals surface area (Å²) in [6.45, 7) is 1.57. The van der Waals surface area contributed by atoms with Crippen molar-refractivity contribution in [2.24, 2.45) is 5.92 Å². The van der Waals surface area contributed by atoms with Crippen LogP contribution in [0.5, 0.6) is 0 Å². The minimum absolute atomic E-state index is 0.0441. The lowest BCUT2D eigenvalue weighted by Gasteiger charge is -2.27. The van der Waals surface area contributed by atoms with Crippen LogP contribution < -0.4 is 19.7 Å². The van der Waals surface area contributed by atoms with Gasteiger partial charge in [0.25, 0.3) is 11.5 Å². The minimum atomic E-state index is -1.19. The van der Waals surface area contributed by atoms with Crippen LogP contribution in [0.15, 0.2) is 108 Å². The number of rotatable bonds is 13. The molecule has 3 heterocycles. The number of carboxylic acid groups (broad SMARTS) is 2. The molecule has 1 saturated heterocycles. The van der Waals surface area contributed by atoms with Gasteiger partial charge >= 0.3 is 11.9 Å². The third-order valence-corrected chi connectivity index (χ3v) is 14.0. The van der Waals surface area contributed by atoms with Gasteiger partial charge < -0.3 is 15.1 Å². The van der Waals surface area contributed by atoms with Crippen LogP contribution in [0.25, 0.3) is 22.6 Å². The van der Waals surface area contributed by atoms with Crippen molar-refractivity contribution < 1.29 is 24.6 Å². The maximum Gasteiger partial charge on any atom is 0.323 e. The molecule has 3 aliphatic rings. The zero-order valence-corrected chi connectivity index (χ0v) is 34.9. The van der Waals surface area contributed by atoms with E-state index in [2.05, 4.69) is 95.9 Å². The number of hydrogen-bond acceptors (Lipinski definition) is 8. The van der Waals surface area contributed by atoms with E-state index < -0.39 is 24.0 Å². The van der Waals surface area contributed by atoms with E-state index >= 15 is 0 Å². The fourth-order valence-electron chi connectivity index (χ4n) is 8.60. The molecule has 5 aromatic rings. The number of aliphatic carboxylic acids is 2. The first-order valence-electron chi connectivity index (χ1n) is 19.8. The first kappa shape index (κ1) is 40.2. The molecular formula is C47H43N3O6S3. The van der Waals surface area contributed by atoms with E-state index in [1.807, 2.05) is 25.1 Å². The minimum Gasteiger partial charge on any atom is -0.481 e. The van der Waals surface area contributed by atoms with Crippen molar-refractivity contribution in [2.75, 3.05) is 11.4 Å². The van der Waals surface area contributed by atoms with Crippen LogP contribution in [0, 0.1) is 5.92 Å². The van der Waals surface area contributed by atoms with Crippen molar-refractivity contribution >= 4 is 91.5 Å². The number of carbonyl (C=O) groups excluding carboxylic acids is 1. The number of carboxylic acids is 2. The molecule has 1 saturated carbocycles. The van der Waals surface area contributed by atoms with Crippen molar-refractivity contribution in [1.29, 1.82) is 0 Å². The average Bonchev–Trinajstić information content (AvgIpc) is 3.97. The monoisotopic (exact) mass is 841 g/mol. The van der Waals surface area contributed by atoms with Crippen molar-refractivity contribution in [3.8, 4) is 0 Å². The lowest BCUT2D eigenvalue weighted by atomic mass is 9.95. The lowest BCUT2D eigenvalue weighted by molar-refractivity contribution is -0.138. The van der Waals surface area contributed by atoms with E-state index in [9.17, 15) is 24.3 Å². The van der Waals surface area contributed by atoms with Gasteiger partial charge in [0.15, 0.2) is 0 Å². The van der Waals surface area contributed by atoms with E-state index in [1.165, 1.54) is 10.5 Å². The van der Waals surface area contributed by atoms with Gasteiger partial charge in [-0.3, -0.25) is 28.6 Å². The number of carbonyl (C=O) groups is 3. The Morgan fingerprint density at radius 3 is 2.22 bits per heavy atom. The van der Waals surface area contributed by atoms with Crippen LogP contribution in [-0.2, 0) is 20.9 Å². The van der Waals surface area contributed by atoms with E-state index in [4.69, 9.17) is 17.3 Å². The summed E-state index contributed by atoms with van der Waals surface area (Å²) in [7, 11) is 0. The molecule has 2 aliphatic heterocycles. The Labute approximate surface area is 355 Å². The SMILES string of the molecule is CC(CCCN1C(=O)C(=c2sc(=Cc3ccc4c(c3)C3CCCC3N4c3ccc(C=C(c4ccccc4)c4ccccc4)cc3)c(=O)n2CC(=O)O)SC1=S)CC(=O)O. The highest BCUT2D eigenvalue weighted by Crippen LogP contribution is 2.52. The Balaban J connectivity index is 1.09. The molecular weight excluding hydrogens is 799 g/mol. The zero-order valence-electron chi connectivity index (χ0n) is 32.5. The molecule has 59 heavy (non-hydrogen) atoms. The van der Waals surface area contributed by atoms with Gasteiger partial charge in [-0.1, -0.05) is 116 Å². The summed E-state index contributed by atoms with van der Waals surface area (Å²) in [6.07, 6.45) is 8.51. The number of thiazole rings is 1. The molecule has 2 fully saturated rings. The van der Waals surface area contributed by atoms with Crippen molar-refractivity contribution in [1.82, 2.24) is 9.47 Å². The molecule has 3 atom stereocenters. The van der Waals surface area contributed by atoms with Crippen LogP contribution in [0.3, 0.4) is 0 Å². The fourth-order valence-corrected chi connectivity index (χ4v) is 11.2. The zero-order chi connectivity index (χ0) is 41.2. The van der Waals surface area contributed by atoms with Crippen molar-refractivity contribution in [3.05, 3.63) is 150 Å². The first-order chi connectivity index (χ1) is 28.5. The maximum absolute atomic E-state index is 13.8. The van der Waals surface area contributed by atoms with Gasteiger partial charge in [0.05, 0.1) is 4.53 Å². The number of nitrogens with zero attached hydrogens (tertiary/aromatic N) is 3. The van der Waals surface area contributed by atoms with Crippen molar-refractivity contribution in [3.63, 3.8) is 0 Å². The van der Waals surface area contributed by atoms with Crippen LogP contribution in [0.2, 0.25) is 0 Å².